The lowest BCUT2D eigenvalue weighted by Crippen LogP contribution is -2.10. The van der Waals surface area contributed by atoms with Crippen LogP contribution in [0.25, 0.3) is 44.7 Å². The zero-order valence-corrected chi connectivity index (χ0v) is 18.0. The van der Waals surface area contributed by atoms with E-state index in [2.05, 4.69) is 38.8 Å². The molecule has 0 fully saturated rings. The number of imidazole rings is 1. The fraction of sp³-hybridized carbons (Fsp3) is 0.154. The predicted molar refractivity (Wildman–Crippen MR) is 126 cm³/mol. The summed E-state index contributed by atoms with van der Waals surface area (Å²) in [6, 6.07) is 17.1. The second-order valence-electron chi connectivity index (χ2n) is 8.20. The Hall–Kier alpha value is -3.44. The molecule has 0 spiro atoms. The molecule has 2 aromatic carbocycles. The Balaban J connectivity index is 1.45. The van der Waals surface area contributed by atoms with Crippen LogP contribution in [0.15, 0.2) is 67.1 Å². The van der Waals surface area contributed by atoms with Crippen molar-refractivity contribution in [3.05, 3.63) is 83.7 Å². The Bertz CT molecular complexity index is 1470. The van der Waals surface area contributed by atoms with Gasteiger partial charge >= 0.3 is 0 Å². The average molecular weight is 443 g/mol. The third-order valence-electron chi connectivity index (χ3n) is 6.22. The lowest BCUT2D eigenvalue weighted by atomic mass is 10.0. The van der Waals surface area contributed by atoms with E-state index in [0.717, 1.165) is 35.0 Å². The summed E-state index contributed by atoms with van der Waals surface area (Å²) < 4.78 is 16.9. The van der Waals surface area contributed by atoms with Crippen molar-refractivity contribution in [3.63, 3.8) is 0 Å². The minimum absolute atomic E-state index is 0.345. The van der Waals surface area contributed by atoms with Crippen molar-refractivity contribution in [2.24, 2.45) is 0 Å². The van der Waals surface area contributed by atoms with Crippen LogP contribution in [0.3, 0.4) is 0 Å². The fourth-order valence-electron chi connectivity index (χ4n) is 4.65. The summed E-state index contributed by atoms with van der Waals surface area (Å²) in [7, 11) is 0. The van der Waals surface area contributed by atoms with E-state index >= 15 is 0 Å². The third kappa shape index (κ3) is 3.21. The summed E-state index contributed by atoms with van der Waals surface area (Å²) in [4.78, 5) is 12.3. The predicted octanol–water partition coefficient (Wildman–Crippen LogP) is 6.89. The highest BCUT2D eigenvalue weighted by atomic mass is 35.5. The Labute approximate surface area is 189 Å². The minimum atomic E-state index is -0.345. The monoisotopic (exact) mass is 442 g/mol. The van der Waals surface area contributed by atoms with E-state index in [4.69, 9.17) is 16.6 Å². The quantitative estimate of drug-likeness (QED) is 0.330. The van der Waals surface area contributed by atoms with Gasteiger partial charge in [0.25, 0.3) is 0 Å². The number of halogens is 2. The van der Waals surface area contributed by atoms with E-state index in [1.54, 1.807) is 18.5 Å². The lowest BCUT2D eigenvalue weighted by molar-refractivity contribution is 0.537. The highest BCUT2D eigenvalue weighted by Crippen LogP contribution is 2.34. The summed E-state index contributed by atoms with van der Waals surface area (Å²) in [5, 5.41) is 1.50. The van der Waals surface area contributed by atoms with Crippen molar-refractivity contribution in [1.82, 2.24) is 19.5 Å². The summed E-state index contributed by atoms with van der Waals surface area (Å²) in [6.07, 6.45) is 7.12. The molecule has 4 nitrogen and oxygen atoms in total. The summed E-state index contributed by atoms with van der Waals surface area (Å²) in [5.74, 6) is -0.345. The number of aryl methyl sites for hydroxylation is 1. The molecule has 32 heavy (non-hydrogen) atoms. The Morgan fingerprint density at radius 3 is 2.78 bits per heavy atom. The van der Waals surface area contributed by atoms with Gasteiger partial charge in [-0.2, -0.15) is 0 Å². The van der Waals surface area contributed by atoms with Crippen molar-refractivity contribution < 1.29 is 4.39 Å². The van der Waals surface area contributed by atoms with Crippen LogP contribution >= 0.6 is 11.6 Å². The second kappa shape index (κ2) is 7.61. The zero-order chi connectivity index (χ0) is 21.7. The van der Waals surface area contributed by atoms with Crippen molar-refractivity contribution >= 4 is 22.5 Å². The van der Waals surface area contributed by atoms with Gasteiger partial charge in [0.1, 0.15) is 5.82 Å². The molecular formula is C26H20ClFN4. The van der Waals surface area contributed by atoms with Crippen LogP contribution in [0.1, 0.15) is 18.5 Å². The Morgan fingerprint density at radius 2 is 1.84 bits per heavy atom. The lowest BCUT2D eigenvalue weighted by Gasteiger charge is -2.18. The number of nitrogens with zero attached hydrogens (tertiary/aromatic N) is 3. The number of hydrogen-bond acceptors (Lipinski definition) is 2. The van der Waals surface area contributed by atoms with Crippen LogP contribution < -0.4 is 0 Å². The van der Waals surface area contributed by atoms with E-state index in [1.807, 2.05) is 18.3 Å². The van der Waals surface area contributed by atoms with E-state index in [0.29, 0.717) is 22.0 Å². The van der Waals surface area contributed by atoms with Crippen LogP contribution in [-0.4, -0.2) is 19.5 Å². The van der Waals surface area contributed by atoms with Crippen LogP contribution in [0.2, 0.25) is 5.02 Å². The molecule has 158 valence electrons. The topological polar surface area (TPSA) is 46.5 Å². The highest BCUT2D eigenvalue weighted by Gasteiger charge is 2.17. The molecule has 6 rings (SSSR count). The van der Waals surface area contributed by atoms with E-state index in [9.17, 15) is 4.39 Å². The van der Waals surface area contributed by atoms with Crippen LogP contribution in [-0.2, 0) is 13.0 Å². The number of aromatic nitrogens is 4. The molecule has 4 heterocycles. The van der Waals surface area contributed by atoms with Gasteiger partial charge in [-0.3, -0.25) is 4.98 Å². The molecular weight excluding hydrogens is 423 g/mol. The van der Waals surface area contributed by atoms with Crippen molar-refractivity contribution in [2.75, 3.05) is 0 Å². The number of nitrogens with one attached hydrogen (secondary N) is 1. The van der Waals surface area contributed by atoms with Gasteiger partial charge < -0.3 is 9.55 Å². The molecule has 0 amide bonds. The standard InChI is InChI=1S/C26H20ClFN4/c27-19-5-7-22(28)21(13-19)26-25(30-15-31-26)16-4-8-23-17(11-16)12-18(14-29-23)24-9-6-20-3-1-2-10-32(20)24/h4-9,11-15H,1-3,10H2,(H,30,31). The normalized spacial score (nSPS) is 13.4. The molecule has 0 radical (unpaired) electrons. The highest BCUT2D eigenvalue weighted by molar-refractivity contribution is 6.30. The minimum Gasteiger partial charge on any atom is -0.345 e. The van der Waals surface area contributed by atoms with Crippen LogP contribution in [0, 0.1) is 5.82 Å². The van der Waals surface area contributed by atoms with Crippen molar-refractivity contribution in [3.8, 4) is 33.8 Å². The maximum Gasteiger partial charge on any atom is 0.132 e. The number of fused-ring (bicyclic) bond motifs is 2. The molecule has 0 unspecified atom stereocenters. The first-order chi connectivity index (χ1) is 15.7. The maximum absolute atomic E-state index is 14.5. The first-order valence-electron chi connectivity index (χ1n) is 10.8. The van der Waals surface area contributed by atoms with Gasteiger partial charge in [-0.25, -0.2) is 9.37 Å². The first-order valence-corrected chi connectivity index (χ1v) is 11.1. The molecule has 5 aromatic rings. The number of benzene rings is 2. The maximum atomic E-state index is 14.5. The number of aromatic amines is 1. The van der Waals surface area contributed by atoms with Gasteiger partial charge in [-0.15, -0.1) is 0 Å². The van der Waals surface area contributed by atoms with Crippen molar-refractivity contribution in [2.45, 2.75) is 25.8 Å². The Kier molecular flexibility index (Phi) is 4.58. The van der Waals surface area contributed by atoms with Gasteiger partial charge in [-0.05, 0) is 67.8 Å². The van der Waals surface area contributed by atoms with E-state index in [1.165, 1.54) is 30.3 Å². The molecule has 1 aliphatic rings. The molecule has 0 bridgehead atoms. The van der Waals surface area contributed by atoms with Gasteiger partial charge in [0.2, 0.25) is 0 Å². The summed E-state index contributed by atoms with van der Waals surface area (Å²) >= 11 is 6.12. The van der Waals surface area contributed by atoms with Crippen molar-refractivity contribution in [1.29, 1.82) is 0 Å². The third-order valence-corrected chi connectivity index (χ3v) is 6.46. The molecule has 1 aliphatic heterocycles. The Morgan fingerprint density at radius 1 is 0.938 bits per heavy atom. The van der Waals surface area contributed by atoms with E-state index in [-0.39, 0.29) is 5.82 Å². The van der Waals surface area contributed by atoms with Gasteiger partial charge in [0.15, 0.2) is 0 Å². The molecule has 1 N–H and O–H groups in total. The van der Waals surface area contributed by atoms with Crippen LogP contribution in [0.4, 0.5) is 4.39 Å². The summed E-state index contributed by atoms with van der Waals surface area (Å²) in [5.41, 5.74) is 7.19. The fourth-order valence-corrected chi connectivity index (χ4v) is 4.82. The SMILES string of the molecule is Fc1ccc(Cl)cc1-c1[nH]cnc1-c1ccc2ncc(-c3ccc4n3CCCC4)cc2c1. The van der Waals surface area contributed by atoms with Crippen LogP contribution in [0.5, 0.6) is 0 Å². The molecule has 0 saturated carbocycles. The van der Waals surface area contributed by atoms with Gasteiger partial charge in [0.05, 0.1) is 23.2 Å². The zero-order valence-electron chi connectivity index (χ0n) is 17.3. The van der Waals surface area contributed by atoms with Gasteiger partial charge in [0, 0.05) is 51.2 Å². The molecule has 6 heteroatoms. The average Bonchev–Trinajstić information content (AvgIpc) is 3.47. The second-order valence-corrected chi connectivity index (χ2v) is 8.64. The number of hydrogen-bond donors (Lipinski definition) is 1. The number of H-pyrrole nitrogens is 1. The van der Waals surface area contributed by atoms with Gasteiger partial charge in [-0.1, -0.05) is 17.7 Å². The largest absolute Gasteiger partial charge is 0.345 e. The first kappa shape index (κ1) is 19.3. The van der Waals surface area contributed by atoms with E-state index < -0.39 is 0 Å². The number of pyridine rings is 1. The summed E-state index contributed by atoms with van der Waals surface area (Å²) in [6.45, 7) is 1.05. The number of rotatable bonds is 3. The smallest absolute Gasteiger partial charge is 0.132 e. The molecule has 0 atom stereocenters. The molecule has 3 aromatic heterocycles. The molecule has 0 saturated heterocycles. The molecule has 0 aliphatic carbocycles.